The maximum Gasteiger partial charge on any atom is 0.283 e. The second-order valence-electron chi connectivity index (χ2n) is 2.87. The second kappa shape index (κ2) is 3.48. The Hall–Kier alpha value is -0.250. The van der Waals surface area contributed by atoms with Gasteiger partial charge in [0.05, 0.1) is 12.6 Å². The van der Waals surface area contributed by atoms with Crippen LogP contribution in [0.5, 0.6) is 0 Å². The largest absolute Gasteiger partial charge is 0.395 e. The first-order chi connectivity index (χ1) is 5.88. The normalized spacial score (nSPS) is 40.9. The Kier molecular flexibility index (Phi) is 2.90. The van der Waals surface area contributed by atoms with Gasteiger partial charge < -0.3 is 15.3 Å². The Morgan fingerprint density at radius 1 is 1.23 bits per heavy atom. The van der Waals surface area contributed by atoms with Crippen molar-refractivity contribution >= 4 is 10.1 Å². The minimum atomic E-state index is -4.46. The van der Waals surface area contributed by atoms with Gasteiger partial charge in [-0.25, -0.2) is 0 Å². The zero-order valence-electron chi connectivity index (χ0n) is 6.53. The van der Waals surface area contributed by atoms with Crippen molar-refractivity contribution in [2.45, 2.75) is 23.6 Å². The van der Waals surface area contributed by atoms with Crippen LogP contribution in [0.2, 0.25) is 0 Å². The molecule has 0 aromatic heterocycles. The summed E-state index contributed by atoms with van der Waals surface area (Å²) in [6, 6.07) is -0.943. The molecule has 1 saturated heterocycles. The number of hydrogen-bond donors (Lipinski definition) is 5. The fourth-order valence-electron chi connectivity index (χ4n) is 1.25. The number of aliphatic hydroxyl groups excluding tert-OH is 3. The molecule has 0 bridgehead atoms. The van der Waals surface area contributed by atoms with E-state index in [1.807, 2.05) is 0 Å². The highest BCUT2D eigenvalue weighted by Gasteiger charge is 2.46. The number of rotatable bonds is 2. The SMILES string of the molecule is O=S(=O)(O)[C@H]1N[C@H](CO)[C@@H](O)[C@@H]1O. The van der Waals surface area contributed by atoms with Crippen LogP contribution in [-0.4, -0.2) is 58.5 Å². The highest BCUT2D eigenvalue weighted by Crippen LogP contribution is 2.17. The van der Waals surface area contributed by atoms with Crippen molar-refractivity contribution in [3.63, 3.8) is 0 Å². The summed E-state index contributed by atoms with van der Waals surface area (Å²) in [6.45, 7) is -0.524. The standard InChI is InChI=1S/C5H11NO6S/c7-1-2-3(8)4(9)5(6-2)13(10,11)12/h2-9H,1H2,(H,10,11,12)/t2-,3-,4+,5-/m1/s1. The van der Waals surface area contributed by atoms with Gasteiger partial charge in [0.2, 0.25) is 0 Å². The lowest BCUT2D eigenvalue weighted by Gasteiger charge is -2.12. The molecule has 1 rings (SSSR count). The van der Waals surface area contributed by atoms with E-state index in [0.29, 0.717) is 0 Å². The molecule has 1 heterocycles. The topological polar surface area (TPSA) is 127 Å². The third kappa shape index (κ3) is 1.98. The molecule has 78 valence electrons. The molecule has 7 nitrogen and oxygen atoms in total. The van der Waals surface area contributed by atoms with Crippen LogP contribution in [0.25, 0.3) is 0 Å². The molecule has 4 atom stereocenters. The average Bonchev–Trinajstić information content (AvgIpc) is 2.28. The van der Waals surface area contributed by atoms with Crippen molar-refractivity contribution in [1.29, 1.82) is 0 Å². The van der Waals surface area contributed by atoms with E-state index in [0.717, 1.165) is 0 Å². The van der Waals surface area contributed by atoms with Crippen molar-refractivity contribution in [3.05, 3.63) is 0 Å². The van der Waals surface area contributed by atoms with Gasteiger partial charge in [0, 0.05) is 0 Å². The first-order valence-electron chi connectivity index (χ1n) is 3.57. The van der Waals surface area contributed by atoms with Crippen LogP contribution < -0.4 is 5.32 Å². The maximum atomic E-state index is 10.6. The Bertz CT molecular complexity index is 277. The van der Waals surface area contributed by atoms with Crippen molar-refractivity contribution < 1.29 is 28.3 Å². The molecule has 0 radical (unpaired) electrons. The summed E-state index contributed by atoms with van der Waals surface area (Å²) in [5, 5.41) is 27.5. The molecule has 0 aliphatic carbocycles. The van der Waals surface area contributed by atoms with E-state index in [4.69, 9.17) is 19.9 Å². The second-order valence-corrected chi connectivity index (χ2v) is 4.41. The van der Waals surface area contributed by atoms with Crippen molar-refractivity contribution in [3.8, 4) is 0 Å². The van der Waals surface area contributed by atoms with Crippen LogP contribution in [0.3, 0.4) is 0 Å². The van der Waals surface area contributed by atoms with E-state index in [1.165, 1.54) is 0 Å². The highest BCUT2D eigenvalue weighted by molar-refractivity contribution is 7.86. The first-order valence-corrected chi connectivity index (χ1v) is 5.07. The molecule has 0 aromatic carbocycles. The third-order valence-electron chi connectivity index (χ3n) is 1.97. The van der Waals surface area contributed by atoms with Gasteiger partial charge in [0.15, 0.2) is 5.37 Å². The van der Waals surface area contributed by atoms with Crippen molar-refractivity contribution in [2.24, 2.45) is 0 Å². The lowest BCUT2D eigenvalue weighted by atomic mass is 10.1. The Labute approximate surface area is 74.8 Å². The first kappa shape index (κ1) is 10.8. The zero-order valence-corrected chi connectivity index (χ0v) is 7.35. The smallest absolute Gasteiger partial charge is 0.283 e. The number of aliphatic hydroxyl groups is 3. The van der Waals surface area contributed by atoms with Crippen LogP contribution >= 0.6 is 0 Å². The Balaban J connectivity index is 2.84. The molecule has 5 N–H and O–H groups in total. The van der Waals surface area contributed by atoms with E-state index in [1.54, 1.807) is 0 Å². The quantitative estimate of drug-likeness (QED) is 0.307. The molecule has 0 amide bonds. The van der Waals surface area contributed by atoms with Crippen LogP contribution in [0.4, 0.5) is 0 Å². The van der Waals surface area contributed by atoms with Gasteiger partial charge in [-0.3, -0.25) is 9.87 Å². The summed E-state index contributed by atoms with van der Waals surface area (Å²) in [5.74, 6) is 0. The number of hydrogen-bond acceptors (Lipinski definition) is 6. The molecule has 0 aromatic rings. The fourth-order valence-corrected chi connectivity index (χ4v) is 2.11. The van der Waals surface area contributed by atoms with Crippen molar-refractivity contribution in [1.82, 2.24) is 5.32 Å². The van der Waals surface area contributed by atoms with Gasteiger partial charge in [-0.05, 0) is 0 Å². The molecule has 0 unspecified atom stereocenters. The summed E-state index contributed by atoms with van der Waals surface area (Å²) >= 11 is 0. The van der Waals surface area contributed by atoms with Crippen LogP contribution in [0.15, 0.2) is 0 Å². The lowest BCUT2D eigenvalue weighted by molar-refractivity contribution is 0.0257. The predicted octanol–water partition coefficient (Wildman–Crippen LogP) is -3.11. The minimum Gasteiger partial charge on any atom is -0.395 e. The van der Waals surface area contributed by atoms with Gasteiger partial charge in [-0.15, -0.1) is 0 Å². The van der Waals surface area contributed by atoms with E-state index in [-0.39, 0.29) is 0 Å². The van der Waals surface area contributed by atoms with E-state index in [2.05, 4.69) is 5.32 Å². The molecule has 1 aliphatic rings. The lowest BCUT2D eigenvalue weighted by Crippen LogP contribution is -2.40. The van der Waals surface area contributed by atoms with Gasteiger partial charge in [0.25, 0.3) is 10.1 Å². The van der Waals surface area contributed by atoms with E-state index < -0.39 is 40.3 Å². The summed E-state index contributed by atoms with van der Waals surface area (Å²) in [7, 11) is -4.46. The van der Waals surface area contributed by atoms with Crippen LogP contribution in [0.1, 0.15) is 0 Å². The molecule has 13 heavy (non-hydrogen) atoms. The minimum absolute atomic E-state index is 0.524. The molecule has 8 heteroatoms. The zero-order chi connectivity index (χ0) is 10.2. The van der Waals surface area contributed by atoms with Gasteiger partial charge in [0.1, 0.15) is 12.2 Å². The van der Waals surface area contributed by atoms with E-state index in [9.17, 15) is 8.42 Å². The molecule has 0 saturated carbocycles. The molecule has 0 spiro atoms. The van der Waals surface area contributed by atoms with Crippen LogP contribution in [0, 0.1) is 0 Å². The van der Waals surface area contributed by atoms with Gasteiger partial charge >= 0.3 is 0 Å². The van der Waals surface area contributed by atoms with Crippen molar-refractivity contribution in [2.75, 3.05) is 6.61 Å². The summed E-state index contributed by atoms with van der Waals surface area (Å²) < 4.78 is 29.8. The predicted molar refractivity (Wildman–Crippen MR) is 41.4 cm³/mol. The molecule has 1 aliphatic heterocycles. The molecular formula is C5H11NO6S. The maximum absolute atomic E-state index is 10.6. The summed E-state index contributed by atoms with van der Waals surface area (Å²) in [4.78, 5) is 0. The summed E-state index contributed by atoms with van der Waals surface area (Å²) in [5.41, 5.74) is 0. The highest BCUT2D eigenvalue weighted by atomic mass is 32.2. The van der Waals surface area contributed by atoms with E-state index >= 15 is 0 Å². The monoisotopic (exact) mass is 213 g/mol. The van der Waals surface area contributed by atoms with Gasteiger partial charge in [-0.1, -0.05) is 0 Å². The third-order valence-corrected chi connectivity index (χ3v) is 3.03. The Morgan fingerprint density at radius 2 is 1.77 bits per heavy atom. The van der Waals surface area contributed by atoms with Gasteiger partial charge in [-0.2, -0.15) is 8.42 Å². The fraction of sp³-hybridized carbons (Fsp3) is 1.00. The number of nitrogens with one attached hydrogen (secondary N) is 1. The average molecular weight is 213 g/mol. The Morgan fingerprint density at radius 3 is 2.00 bits per heavy atom. The summed E-state index contributed by atoms with van der Waals surface area (Å²) in [6.07, 6.45) is -3.04. The van der Waals surface area contributed by atoms with Crippen LogP contribution in [-0.2, 0) is 10.1 Å². The molecule has 1 fully saturated rings. The molecular weight excluding hydrogens is 202 g/mol.